The minimum atomic E-state index is 0.845. The average Bonchev–Trinajstić information content (AvgIpc) is 2.59. The van der Waals surface area contributed by atoms with E-state index in [1.54, 1.807) is 35.6 Å². The van der Waals surface area contributed by atoms with Crippen LogP contribution in [0.3, 0.4) is 0 Å². The van der Waals surface area contributed by atoms with E-state index < -0.39 is 0 Å². The number of hydrogen-bond donors (Lipinski definition) is 0. The number of aromatic nitrogens is 1. The first-order chi connectivity index (χ1) is 6.83. The van der Waals surface area contributed by atoms with Gasteiger partial charge in [-0.25, -0.2) is 4.98 Å². The molecule has 0 radical (unpaired) electrons. The van der Waals surface area contributed by atoms with Gasteiger partial charge in [-0.1, -0.05) is 18.3 Å². The van der Waals surface area contributed by atoms with Gasteiger partial charge in [0.25, 0.3) is 0 Å². The normalized spacial score (nSPS) is 10.4. The van der Waals surface area contributed by atoms with Crippen LogP contribution in [-0.2, 0) is 0 Å². The molecule has 2 nitrogen and oxygen atoms in total. The fourth-order valence-corrected chi connectivity index (χ4v) is 2.77. The highest BCUT2D eigenvalue weighted by Crippen LogP contribution is 2.31. The second kappa shape index (κ2) is 4.02. The molecule has 14 heavy (non-hydrogen) atoms. The van der Waals surface area contributed by atoms with Crippen LogP contribution < -0.4 is 4.74 Å². The Balaban J connectivity index is 2.48. The van der Waals surface area contributed by atoms with Gasteiger partial charge < -0.3 is 4.74 Å². The maximum absolute atomic E-state index is 5.13. The van der Waals surface area contributed by atoms with Gasteiger partial charge >= 0.3 is 0 Å². The molecular formula is C10H9NOS2. The molecule has 2 rings (SSSR count). The Kier molecular flexibility index (Phi) is 2.74. The Labute approximate surface area is 90.6 Å². The molecule has 1 aromatic carbocycles. The van der Waals surface area contributed by atoms with Gasteiger partial charge in [0.15, 0.2) is 4.34 Å². The predicted molar refractivity (Wildman–Crippen MR) is 62.2 cm³/mol. The molecule has 1 aromatic heterocycles. The lowest BCUT2D eigenvalue weighted by molar-refractivity contribution is 0.415. The summed E-state index contributed by atoms with van der Waals surface area (Å²) in [5, 5.41) is 1.79. The van der Waals surface area contributed by atoms with Gasteiger partial charge in [0.2, 0.25) is 0 Å². The maximum Gasteiger partial charge on any atom is 0.155 e. The van der Waals surface area contributed by atoms with Crippen LogP contribution >= 0.6 is 23.1 Å². The lowest BCUT2D eigenvalue weighted by Gasteiger charge is -1.96. The average molecular weight is 223 g/mol. The molecule has 0 atom stereocenters. The van der Waals surface area contributed by atoms with Crippen LogP contribution in [-0.4, -0.2) is 12.1 Å². The zero-order valence-electron chi connectivity index (χ0n) is 7.69. The standard InChI is InChI=1S/C10H9NOS2/c1-3-13-10-11-8-6-7(12-2)4-5-9(8)14-10/h3-6H,1H2,2H3. The molecule has 0 amide bonds. The third kappa shape index (κ3) is 1.76. The molecule has 4 heteroatoms. The van der Waals surface area contributed by atoms with Crippen LogP contribution in [0.1, 0.15) is 0 Å². The third-order valence-corrected chi connectivity index (χ3v) is 3.59. The van der Waals surface area contributed by atoms with Gasteiger partial charge in [-0.3, -0.25) is 0 Å². The maximum atomic E-state index is 5.13. The molecule has 2 aromatic rings. The summed E-state index contributed by atoms with van der Waals surface area (Å²) in [6.45, 7) is 3.66. The van der Waals surface area contributed by atoms with E-state index in [-0.39, 0.29) is 0 Å². The number of nitrogens with zero attached hydrogens (tertiary/aromatic N) is 1. The number of thioether (sulfide) groups is 1. The van der Waals surface area contributed by atoms with Crippen LogP contribution in [0, 0.1) is 0 Å². The second-order valence-electron chi connectivity index (χ2n) is 2.60. The minimum absolute atomic E-state index is 0.845. The van der Waals surface area contributed by atoms with Crippen molar-refractivity contribution in [2.24, 2.45) is 0 Å². The Bertz CT molecular complexity index is 464. The SMILES string of the molecule is C=CSc1nc2cc(OC)ccc2s1. The van der Waals surface area contributed by atoms with E-state index in [4.69, 9.17) is 4.74 Å². The highest BCUT2D eigenvalue weighted by atomic mass is 32.2. The summed E-state index contributed by atoms with van der Waals surface area (Å²) >= 11 is 3.21. The fourth-order valence-electron chi connectivity index (χ4n) is 1.13. The third-order valence-electron chi connectivity index (χ3n) is 1.76. The smallest absolute Gasteiger partial charge is 0.155 e. The van der Waals surface area contributed by atoms with Crippen molar-refractivity contribution >= 4 is 33.3 Å². The monoisotopic (exact) mass is 223 g/mol. The van der Waals surface area contributed by atoms with Gasteiger partial charge in [0.05, 0.1) is 17.3 Å². The summed E-state index contributed by atoms with van der Waals surface area (Å²) in [4.78, 5) is 4.44. The highest BCUT2D eigenvalue weighted by molar-refractivity contribution is 8.03. The molecule has 0 spiro atoms. The van der Waals surface area contributed by atoms with E-state index in [0.717, 1.165) is 15.6 Å². The molecule has 0 aliphatic carbocycles. The fraction of sp³-hybridized carbons (Fsp3) is 0.100. The van der Waals surface area contributed by atoms with Crippen molar-refractivity contribution < 1.29 is 4.74 Å². The molecule has 0 aliphatic heterocycles. The van der Waals surface area contributed by atoms with Gasteiger partial charge in [0.1, 0.15) is 5.75 Å². The number of rotatable bonds is 3. The quantitative estimate of drug-likeness (QED) is 0.743. The summed E-state index contributed by atoms with van der Waals surface area (Å²) in [5.41, 5.74) is 0.985. The molecule has 0 saturated carbocycles. The van der Waals surface area contributed by atoms with Gasteiger partial charge in [-0.05, 0) is 17.5 Å². The van der Waals surface area contributed by atoms with Crippen molar-refractivity contribution in [3.63, 3.8) is 0 Å². The van der Waals surface area contributed by atoms with Crippen LogP contribution in [0.5, 0.6) is 5.75 Å². The summed E-state index contributed by atoms with van der Waals surface area (Å²) in [7, 11) is 1.66. The van der Waals surface area contributed by atoms with Crippen molar-refractivity contribution in [1.29, 1.82) is 0 Å². The first kappa shape index (κ1) is 9.55. The van der Waals surface area contributed by atoms with E-state index in [2.05, 4.69) is 11.6 Å². The van der Waals surface area contributed by atoms with Crippen LogP contribution in [0.2, 0.25) is 0 Å². The number of benzene rings is 1. The lowest BCUT2D eigenvalue weighted by atomic mass is 10.3. The molecule has 0 fully saturated rings. The van der Waals surface area contributed by atoms with Gasteiger partial charge in [-0.15, -0.1) is 11.3 Å². The predicted octanol–water partition coefficient (Wildman–Crippen LogP) is 3.54. The molecule has 0 bridgehead atoms. The zero-order valence-corrected chi connectivity index (χ0v) is 9.32. The highest BCUT2D eigenvalue weighted by Gasteiger charge is 2.03. The van der Waals surface area contributed by atoms with Crippen LogP contribution in [0.15, 0.2) is 34.5 Å². The van der Waals surface area contributed by atoms with E-state index >= 15 is 0 Å². The zero-order chi connectivity index (χ0) is 9.97. The molecule has 0 saturated heterocycles. The number of ether oxygens (including phenoxy) is 1. The van der Waals surface area contributed by atoms with Gasteiger partial charge in [-0.2, -0.15) is 0 Å². The molecular weight excluding hydrogens is 214 g/mol. The number of methoxy groups -OCH3 is 1. The van der Waals surface area contributed by atoms with E-state index in [1.165, 1.54) is 4.70 Å². The molecule has 0 N–H and O–H groups in total. The van der Waals surface area contributed by atoms with Crippen molar-refractivity contribution in [3.8, 4) is 5.75 Å². The summed E-state index contributed by atoms with van der Waals surface area (Å²) in [5.74, 6) is 0.845. The Morgan fingerprint density at radius 1 is 1.57 bits per heavy atom. The van der Waals surface area contributed by atoms with Crippen LogP contribution in [0.4, 0.5) is 0 Å². The number of thiazole rings is 1. The lowest BCUT2D eigenvalue weighted by Crippen LogP contribution is -1.80. The summed E-state index contributed by atoms with van der Waals surface area (Å²) in [6.07, 6.45) is 0. The summed E-state index contributed by atoms with van der Waals surface area (Å²) in [6, 6.07) is 5.92. The summed E-state index contributed by atoms with van der Waals surface area (Å²) < 4.78 is 7.32. The number of hydrogen-bond acceptors (Lipinski definition) is 4. The second-order valence-corrected chi connectivity index (χ2v) is 4.84. The largest absolute Gasteiger partial charge is 0.497 e. The molecule has 0 unspecified atom stereocenters. The minimum Gasteiger partial charge on any atom is -0.497 e. The molecule has 1 heterocycles. The molecule has 0 aliphatic rings. The number of fused-ring (bicyclic) bond motifs is 1. The molecule has 72 valence electrons. The van der Waals surface area contributed by atoms with Gasteiger partial charge in [0, 0.05) is 6.07 Å². The van der Waals surface area contributed by atoms with Crippen molar-refractivity contribution in [2.75, 3.05) is 7.11 Å². The van der Waals surface area contributed by atoms with E-state index in [1.807, 2.05) is 18.2 Å². The van der Waals surface area contributed by atoms with E-state index in [9.17, 15) is 0 Å². The van der Waals surface area contributed by atoms with Crippen molar-refractivity contribution in [1.82, 2.24) is 4.98 Å². The first-order valence-electron chi connectivity index (χ1n) is 4.05. The van der Waals surface area contributed by atoms with Crippen LogP contribution in [0.25, 0.3) is 10.2 Å². The Morgan fingerprint density at radius 3 is 3.14 bits per heavy atom. The first-order valence-corrected chi connectivity index (χ1v) is 5.75. The van der Waals surface area contributed by atoms with E-state index in [0.29, 0.717) is 0 Å². The van der Waals surface area contributed by atoms with Crippen molar-refractivity contribution in [3.05, 3.63) is 30.2 Å². The van der Waals surface area contributed by atoms with Crippen molar-refractivity contribution in [2.45, 2.75) is 4.34 Å². The Hall–Kier alpha value is -1.00. The topological polar surface area (TPSA) is 22.1 Å². The Morgan fingerprint density at radius 2 is 2.43 bits per heavy atom.